The van der Waals surface area contributed by atoms with E-state index in [1.807, 2.05) is 24.3 Å². The minimum atomic E-state index is -0.734. The largest absolute Gasteiger partial charge is 0.347 e. The topological polar surface area (TPSA) is 60.9 Å². The summed E-state index contributed by atoms with van der Waals surface area (Å²) in [6.45, 7) is 0.784. The van der Waals surface area contributed by atoms with Crippen molar-refractivity contribution in [3.63, 3.8) is 0 Å². The molecule has 0 saturated carbocycles. The summed E-state index contributed by atoms with van der Waals surface area (Å²) >= 11 is 0. The molecule has 2 aromatic rings. The summed E-state index contributed by atoms with van der Waals surface area (Å²) in [4.78, 5) is 43.3. The SMILES string of the molecule is CN(C)C(=O)CN1C(=O)C2(CCN(C(=O)c3cccc(F)c3)CC2)c2ccccc21. The maximum atomic E-state index is 13.5. The lowest BCUT2D eigenvalue weighted by Crippen LogP contribution is -2.51. The number of carbonyl (C=O) groups is 3. The van der Waals surface area contributed by atoms with Crippen LogP contribution in [-0.4, -0.2) is 61.3 Å². The van der Waals surface area contributed by atoms with Crippen molar-refractivity contribution in [3.8, 4) is 0 Å². The van der Waals surface area contributed by atoms with Gasteiger partial charge in [-0.25, -0.2) is 4.39 Å². The van der Waals surface area contributed by atoms with Crippen LogP contribution in [0, 0.1) is 5.82 Å². The van der Waals surface area contributed by atoms with Crippen LogP contribution in [0.1, 0.15) is 28.8 Å². The van der Waals surface area contributed by atoms with Crippen molar-refractivity contribution >= 4 is 23.4 Å². The lowest BCUT2D eigenvalue weighted by Gasteiger charge is -2.38. The lowest BCUT2D eigenvalue weighted by molar-refractivity contribution is -0.130. The van der Waals surface area contributed by atoms with E-state index >= 15 is 0 Å². The fraction of sp³-hybridized carbons (Fsp3) is 0.348. The van der Waals surface area contributed by atoms with Crippen LogP contribution in [0.25, 0.3) is 0 Å². The zero-order chi connectivity index (χ0) is 21.5. The third-order valence-corrected chi connectivity index (χ3v) is 6.13. The molecule has 6 nitrogen and oxygen atoms in total. The van der Waals surface area contributed by atoms with Crippen LogP contribution in [0.15, 0.2) is 48.5 Å². The second-order valence-corrected chi connectivity index (χ2v) is 8.08. The average molecular weight is 409 g/mol. The maximum absolute atomic E-state index is 13.5. The van der Waals surface area contributed by atoms with E-state index < -0.39 is 11.2 Å². The summed E-state index contributed by atoms with van der Waals surface area (Å²) in [5, 5.41) is 0. The number of hydrogen-bond donors (Lipinski definition) is 0. The van der Waals surface area contributed by atoms with Crippen molar-refractivity contribution in [1.29, 1.82) is 0 Å². The van der Waals surface area contributed by atoms with Crippen LogP contribution in [0.4, 0.5) is 10.1 Å². The molecule has 1 spiro atoms. The van der Waals surface area contributed by atoms with Crippen molar-refractivity contribution < 1.29 is 18.8 Å². The Labute approximate surface area is 174 Å². The van der Waals surface area contributed by atoms with Crippen molar-refractivity contribution in [1.82, 2.24) is 9.80 Å². The Bertz CT molecular complexity index is 1010. The molecule has 2 aliphatic heterocycles. The quantitative estimate of drug-likeness (QED) is 0.782. The molecule has 0 atom stereocenters. The minimum Gasteiger partial charge on any atom is -0.347 e. The molecule has 0 aliphatic carbocycles. The molecule has 0 unspecified atom stereocenters. The van der Waals surface area contributed by atoms with Crippen molar-refractivity contribution in [3.05, 3.63) is 65.5 Å². The van der Waals surface area contributed by atoms with Gasteiger partial charge in [-0.05, 0) is 42.7 Å². The number of piperidine rings is 1. The van der Waals surface area contributed by atoms with E-state index in [0.29, 0.717) is 31.5 Å². The summed E-state index contributed by atoms with van der Waals surface area (Å²) in [5.41, 5.74) is 1.26. The van der Waals surface area contributed by atoms with E-state index in [4.69, 9.17) is 0 Å². The third kappa shape index (κ3) is 3.24. The number of hydrogen-bond acceptors (Lipinski definition) is 3. The second kappa shape index (κ2) is 7.55. The zero-order valence-electron chi connectivity index (χ0n) is 17.1. The molecule has 2 aromatic carbocycles. The van der Waals surface area contributed by atoms with Crippen LogP contribution >= 0.6 is 0 Å². The number of likely N-dealkylation sites (tertiary alicyclic amines) is 1. The van der Waals surface area contributed by atoms with Gasteiger partial charge in [0.2, 0.25) is 11.8 Å². The van der Waals surface area contributed by atoms with Crippen molar-refractivity contribution in [2.24, 2.45) is 0 Å². The molecule has 4 rings (SSSR count). The van der Waals surface area contributed by atoms with E-state index in [1.165, 1.54) is 23.1 Å². The Balaban J connectivity index is 1.57. The molecular weight excluding hydrogens is 385 g/mol. The van der Waals surface area contributed by atoms with Gasteiger partial charge in [0.1, 0.15) is 12.4 Å². The Morgan fingerprint density at radius 2 is 1.77 bits per heavy atom. The molecule has 0 aromatic heterocycles. The number of nitrogens with zero attached hydrogens (tertiary/aromatic N) is 3. The first-order chi connectivity index (χ1) is 14.3. The first-order valence-corrected chi connectivity index (χ1v) is 10.00. The number of carbonyl (C=O) groups excluding carboxylic acids is 3. The summed E-state index contributed by atoms with van der Waals surface area (Å²) in [6, 6.07) is 13.2. The Kier molecular flexibility index (Phi) is 5.05. The van der Waals surface area contributed by atoms with Gasteiger partial charge < -0.3 is 14.7 Å². The van der Waals surface area contributed by atoms with Gasteiger partial charge in [0.25, 0.3) is 5.91 Å². The molecule has 0 bridgehead atoms. The van der Waals surface area contributed by atoms with E-state index in [2.05, 4.69) is 0 Å². The van der Waals surface area contributed by atoms with Gasteiger partial charge in [0, 0.05) is 38.4 Å². The highest BCUT2D eigenvalue weighted by Gasteiger charge is 2.52. The molecule has 0 N–H and O–H groups in total. The molecular formula is C23H24FN3O3. The molecule has 156 valence electrons. The van der Waals surface area contributed by atoms with Gasteiger partial charge in [-0.3, -0.25) is 14.4 Å². The number of fused-ring (bicyclic) bond motifs is 2. The smallest absolute Gasteiger partial charge is 0.253 e. The van der Waals surface area contributed by atoms with Crippen LogP contribution in [0.5, 0.6) is 0 Å². The highest BCUT2D eigenvalue weighted by atomic mass is 19.1. The summed E-state index contributed by atoms with van der Waals surface area (Å²) in [6.07, 6.45) is 0.938. The third-order valence-electron chi connectivity index (χ3n) is 6.13. The highest BCUT2D eigenvalue weighted by molar-refractivity contribution is 6.11. The average Bonchev–Trinajstić information content (AvgIpc) is 2.97. The number of anilines is 1. The number of para-hydroxylation sites is 1. The Morgan fingerprint density at radius 1 is 1.07 bits per heavy atom. The standard InChI is InChI=1S/C23H24FN3O3/c1-25(2)20(28)15-27-19-9-4-3-8-18(19)23(22(27)30)10-12-26(13-11-23)21(29)16-6-5-7-17(24)14-16/h3-9,14H,10-13,15H2,1-2H3. The van der Waals surface area contributed by atoms with Gasteiger partial charge in [0.15, 0.2) is 0 Å². The summed E-state index contributed by atoms with van der Waals surface area (Å²) in [5.74, 6) is -0.913. The van der Waals surface area contributed by atoms with Gasteiger partial charge >= 0.3 is 0 Å². The molecule has 2 aliphatic rings. The van der Waals surface area contributed by atoms with Gasteiger partial charge in [-0.15, -0.1) is 0 Å². The summed E-state index contributed by atoms with van der Waals surface area (Å²) < 4.78 is 13.5. The fourth-order valence-corrected chi connectivity index (χ4v) is 4.41. The number of benzene rings is 2. The normalized spacial score (nSPS) is 17.2. The Morgan fingerprint density at radius 3 is 2.43 bits per heavy atom. The predicted molar refractivity (Wildman–Crippen MR) is 111 cm³/mol. The monoisotopic (exact) mass is 409 g/mol. The molecule has 3 amide bonds. The van der Waals surface area contributed by atoms with Crippen LogP contribution in [0.2, 0.25) is 0 Å². The van der Waals surface area contributed by atoms with E-state index in [-0.39, 0.29) is 24.3 Å². The van der Waals surface area contributed by atoms with E-state index in [9.17, 15) is 18.8 Å². The van der Waals surface area contributed by atoms with Crippen molar-refractivity contribution in [2.75, 3.05) is 38.6 Å². The van der Waals surface area contributed by atoms with Gasteiger partial charge in [-0.2, -0.15) is 0 Å². The van der Waals surface area contributed by atoms with E-state index in [0.717, 1.165) is 11.3 Å². The Hall–Kier alpha value is -3.22. The van der Waals surface area contributed by atoms with E-state index in [1.54, 1.807) is 30.0 Å². The van der Waals surface area contributed by atoms with Crippen LogP contribution < -0.4 is 4.90 Å². The van der Waals surface area contributed by atoms with Crippen LogP contribution in [0.3, 0.4) is 0 Å². The highest BCUT2D eigenvalue weighted by Crippen LogP contribution is 2.47. The van der Waals surface area contributed by atoms with Crippen molar-refractivity contribution in [2.45, 2.75) is 18.3 Å². The first-order valence-electron chi connectivity index (χ1n) is 10.00. The molecule has 1 saturated heterocycles. The van der Waals surface area contributed by atoms with Gasteiger partial charge in [0.05, 0.1) is 5.41 Å². The number of rotatable bonds is 3. The molecule has 2 heterocycles. The maximum Gasteiger partial charge on any atom is 0.253 e. The second-order valence-electron chi connectivity index (χ2n) is 8.08. The number of halogens is 1. The minimum absolute atomic E-state index is 0.00344. The van der Waals surface area contributed by atoms with Gasteiger partial charge in [-0.1, -0.05) is 24.3 Å². The number of likely N-dealkylation sites (N-methyl/N-ethyl adjacent to an activating group) is 1. The molecule has 30 heavy (non-hydrogen) atoms. The molecule has 7 heteroatoms. The predicted octanol–water partition coefficient (Wildman–Crippen LogP) is 2.43. The fourth-order valence-electron chi connectivity index (χ4n) is 4.41. The first kappa shape index (κ1) is 20.1. The molecule has 1 fully saturated rings. The molecule has 0 radical (unpaired) electrons. The van der Waals surface area contributed by atoms with Crippen LogP contribution in [-0.2, 0) is 15.0 Å². The number of amides is 3. The lowest BCUT2D eigenvalue weighted by atomic mass is 9.73. The zero-order valence-corrected chi connectivity index (χ0v) is 17.1. The summed E-state index contributed by atoms with van der Waals surface area (Å²) in [7, 11) is 3.34.